The maximum absolute atomic E-state index is 13.3. The van der Waals surface area contributed by atoms with Gasteiger partial charge >= 0.3 is 12.2 Å². The fourth-order valence-corrected chi connectivity index (χ4v) is 13.9. The van der Waals surface area contributed by atoms with Crippen LogP contribution in [-0.4, -0.2) is 94.4 Å². The molecule has 0 atom stereocenters. The molecule has 4 heterocycles. The lowest BCUT2D eigenvalue weighted by Crippen LogP contribution is -2.40. The summed E-state index contributed by atoms with van der Waals surface area (Å²) in [6.07, 6.45) is 4.86. The predicted molar refractivity (Wildman–Crippen MR) is 304 cm³/mol. The SMILES string of the molecule is CC(=O)Nc1ccc(-c2cnc(N3CCC(OC(=O)NCc4ccccc4)CC3)s2)c(S(=O)(=O)NC(C)(C)C)c1.CC(C)(C)NS(=O)(=O)c1cc(N)ccc1-c1cnc(N2CCC(OC(=O)NCc3ccccc3)CC2)s1. The first-order chi connectivity index (χ1) is 36.4. The standard InChI is InChI=1S/C28H35N5O5S2.C26H33N5O4S2/c1-19(34)31-21-10-11-23(25(16-21)40(36,37)32-28(2,3)4)24-18-29-26(39-24)33-14-12-22(13-15-33)38-27(35)30-17-20-8-6-5-7-9-20;1-26(2,3)30-37(33,34)23-15-19(27)9-10-21(23)22-17-28-24(36-22)31-13-11-20(12-14-31)35-25(32)29-16-18-7-5-4-6-8-18/h5-11,16,18,22,32H,12-15,17H2,1-4H3,(H,30,35)(H,31,34);4-10,15,17,20,30H,11-14,16,27H2,1-3H3,(H,29,32). The van der Waals surface area contributed by atoms with E-state index in [-0.39, 0.29) is 27.9 Å². The van der Waals surface area contributed by atoms with Gasteiger partial charge in [0.05, 0.1) is 19.5 Å². The van der Waals surface area contributed by atoms with Crippen LogP contribution in [0.25, 0.3) is 20.9 Å². The average molecular weight is 1130 g/mol. The van der Waals surface area contributed by atoms with Crippen molar-refractivity contribution in [3.05, 3.63) is 121 Å². The Morgan fingerprint density at radius 3 is 1.42 bits per heavy atom. The smallest absolute Gasteiger partial charge is 0.407 e. The summed E-state index contributed by atoms with van der Waals surface area (Å²) in [5.74, 6) is -0.291. The molecule has 0 bridgehead atoms. The number of hydrogen-bond donors (Lipinski definition) is 6. The number of nitrogens with one attached hydrogen (secondary N) is 5. The number of piperidine rings is 2. The molecule has 4 aromatic carbocycles. The highest BCUT2D eigenvalue weighted by Crippen LogP contribution is 2.39. The zero-order valence-electron chi connectivity index (χ0n) is 44.3. The fraction of sp³-hybridized carbons (Fsp3) is 0.389. The second-order valence-corrected chi connectivity index (χ2v) is 26.1. The molecule has 7 N–H and O–H groups in total. The van der Waals surface area contributed by atoms with Crippen LogP contribution in [0.2, 0.25) is 0 Å². The molecule has 0 radical (unpaired) electrons. The summed E-state index contributed by atoms with van der Waals surface area (Å²) >= 11 is 2.83. The van der Waals surface area contributed by atoms with Crippen molar-refractivity contribution in [1.82, 2.24) is 30.0 Å². The summed E-state index contributed by atoms with van der Waals surface area (Å²) in [5.41, 5.74) is 8.45. The van der Waals surface area contributed by atoms with Crippen molar-refractivity contribution >= 4 is 82.5 Å². The summed E-state index contributed by atoms with van der Waals surface area (Å²) in [6, 6.07) is 29.1. The number of sulfonamides is 2. The van der Waals surface area contributed by atoms with E-state index in [4.69, 9.17) is 15.2 Å². The maximum atomic E-state index is 13.3. The highest BCUT2D eigenvalue weighted by atomic mass is 32.2. The Labute approximate surface area is 459 Å². The number of ether oxygens (including phenoxy) is 2. The largest absolute Gasteiger partial charge is 0.446 e. The molecule has 77 heavy (non-hydrogen) atoms. The van der Waals surface area contributed by atoms with Crippen LogP contribution in [0.4, 0.5) is 31.2 Å². The monoisotopic (exact) mass is 1130 g/mol. The highest BCUT2D eigenvalue weighted by Gasteiger charge is 2.30. The molecule has 2 aliphatic rings. The number of nitrogens with two attached hydrogens (primary N) is 1. The predicted octanol–water partition coefficient (Wildman–Crippen LogP) is 9.10. The molecule has 3 amide bonds. The van der Waals surface area contributed by atoms with E-state index in [2.05, 4.69) is 45.2 Å². The number of carbonyl (C=O) groups is 3. The van der Waals surface area contributed by atoms with E-state index in [1.54, 1.807) is 78.2 Å². The molecule has 0 saturated carbocycles. The van der Waals surface area contributed by atoms with E-state index < -0.39 is 43.3 Å². The third-order valence-electron chi connectivity index (χ3n) is 11.8. The number of carbonyl (C=O) groups excluding carboxylic acids is 3. The molecule has 0 unspecified atom stereocenters. The average Bonchev–Trinajstić information content (AvgIpc) is 4.08. The molecule has 19 nitrogen and oxygen atoms in total. The van der Waals surface area contributed by atoms with Gasteiger partial charge in [-0.25, -0.2) is 45.8 Å². The van der Waals surface area contributed by atoms with Gasteiger partial charge in [0.15, 0.2) is 10.3 Å². The molecule has 2 aliphatic heterocycles. The summed E-state index contributed by atoms with van der Waals surface area (Å²) in [7, 11) is -7.70. The van der Waals surface area contributed by atoms with Crippen molar-refractivity contribution < 1.29 is 40.7 Å². The Kier molecular flexibility index (Phi) is 19.0. The summed E-state index contributed by atoms with van der Waals surface area (Å²) in [6.45, 7) is 15.6. The molecule has 23 heteroatoms. The maximum Gasteiger partial charge on any atom is 0.407 e. The topological polar surface area (TPSA) is 256 Å². The Balaban J connectivity index is 0.000000224. The fourth-order valence-electron chi connectivity index (χ4n) is 8.44. The minimum absolute atomic E-state index is 0.0671. The second-order valence-electron chi connectivity index (χ2n) is 20.7. The van der Waals surface area contributed by atoms with Gasteiger partial charge in [-0.2, -0.15) is 0 Å². The van der Waals surface area contributed by atoms with Crippen molar-refractivity contribution in [3.63, 3.8) is 0 Å². The molecule has 0 aliphatic carbocycles. The number of benzene rings is 4. The molecule has 0 spiro atoms. The second kappa shape index (κ2) is 25.2. The molecule has 2 fully saturated rings. The molecule has 8 rings (SSSR count). The van der Waals surface area contributed by atoms with Crippen molar-refractivity contribution in [2.45, 2.75) is 120 Å². The third kappa shape index (κ3) is 17.2. The van der Waals surface area contributed by atoms with Gasteiger partial charge in [0, 0.05) is 118 Å². The van der Waals surface area contributed by atoms with Crippen molar-refractivity contribution in [1.29, 1.82) is 0 Å². The van der Waals surface area contributed by atoms with Gasteiger partial charge in [-0.15, -0.1) is 0 Å². The van der Waals surface area contributed by atoms with Crippen molar-refractivity contribution in [2.24, 2.45) is 0 Å². The van der Waals surface area contributed by atoms with Crippen LogP contribution in [0.1, 0.15) is 85.3 Å². The lowest BCUT2D eigenvalue weighted by molar-refractivity contribution is -0.114. The van der Waals surface area contributed by atoms with Gasteiger partial charge in [0.1, 0.15) is 12.2 Å². The zero-order valence-corrected chi connectivity index (χ0v) is 47.6. The number of hydrogen-bond acceptors (Lipinski definition) is 16. The van der Waals surface area contributed by atoms with Gasteiger partial charge in [0.25, 0.3) is 0 Å². The van der Waals surface area contributed by atoms with Gasteiger partial charge in [-0.05, 0) is 76.9 Å². The Morgan fingerprint density at radius 2 is 1.01 bits per heavy atom. The van der Waals surface area contributed by atoms with Gasteiger partial charge in [-0.1, -0.05) is 95.5 Å². The number of nitrogen functional groups attached to an aromatic ring is 1. The Hall–Kier alpha value is -6.63. The first-order valence-electron chi connectivity index (χ1n) is 25.2. The molecular formula is C54H68N10O9S4. The lowest BCUT2D eigenvalue weighted by Gasteiger charge is -2.31. The van der Waals surface area contributed by atoms with Crippen LogP contribution in [-0.2, 0) is 47.4 Å². The highest BCUT2D eigenvalue weighted by molar-refractivity contribution is 7.90. The number of amides is 3. The van der Waals surface area contributed by atoms with E-state index in [0.717, 1.165) is 26.3 Å². The quantitative estimate of drug-likeness (QED) is 0.0525. The Morgan fingerprint density at radius 1 is 0.610 bits per heavy atom. The van der Waals surface area contributed by atoms with E-state index in [1.807, 2.05) is 60.7 Å². The van der Waals surface area contributed by atoms with Crippen molar-refractivity contribution in [2.75, 3.05) is 47.0 Å². The van der Waals surface area contributed by atoms with Gasteiger partial charge in [-0.3, -0.25) is 4.79 Å². The number of anilines is 4. The first kappa shape index (κ1) is 58.1. The van der Waals surface area contributed by atoms with Crippen LogP contribution in [0.15, 0.2) is 119 Å². The number of aromatic nitrogens is 2. The number of thiazole rings is 2. The van der Waals surface area contributed by atoms with Crippen LogP contribution in [0.5, 0.6) is 0 Å². The minimum Gasteiger partial charge on any atom is -0.446 e. The zero-order chi connectivity index (χ0) is 55.5. The number of alkyl carbamates (subject to hydrolysis) is 2. The van der Waals surface area contributed by atoms with Gasteiger partial charge in [0.2, 0.25) is 26.0 Å². The molecule has 2 saturated heterocycles. The Bertz CT molecular complexity index is 3200. The van der Waals surface area contributed by atoms with E-state index in [1.165, 1.54) is 41.7 Å². The molecule has 2 aromatic heterocycles. The van der Waals surface area contributed by atoms with E-state index in [9.17, 15) is 31.2 Å². The minimum atomic E-state index is -3.90. The number of rotatable bonds is 15. The van der Waals surface area contributed by atoms with Crippen LogP contribution < -0.4 is 40.9 Å². The summed E-state index contributed by atoms with van der Waals surface area (Å²) in [5, 5.41) is 9.81. The van der Waals surface area contributed by atoms with Crippen LogP contribution in [0, 0.1) is 0 Å². The third-order valence-corrected chi connectivity index (χ3v) is 17.6. The van der Waals surface area contributed by atoms with E-state index >= 15 is 0 Å². The normalized spacial score (nSPS) is 14.7. The van der Waals surface area contributed by atoms with Crippen LogP contribution in [0.3, 0.4) is 0 Å². The molecule has 6 aromatic rings. The van der Waals surface area contributed by atoms with Gasteiger partial charge < -0.3 is 41.0 Å². The summed E-state index contributed by atoms with van der Waals surface area (Å²) < 4.78 is 69.5. The molecule has 412 valence electrons. The summed E-state index contributed by atoms with van der Waals surface area (Å²) in [4.78, 5) is 51.0. The first-order valence-corrected chi connectivity index (χ1v) is 29.8. The van der Waals surface area contributed by atoms with Crippen LogP contribution >= 0.6 is 22.7 Å². The molecular weight excluding hydrogens is 1060 g/mol. The lowest BCUT2D eigenvalue weighted by atomic mass is 10.1. The number of nitrogens with zero attached hydrogens (tertiary/aromatic N) is 4. The van der Waals surface area contributed by atoms with E-state index in [0.29, 0.717) is 92.3 Å². The van der Waals surface area contributed by atoms with Crippen molar-refractivity contribution in [3.8, 4) is 20.9 Å².